The van der Waals surface area contributed by atoms with Crippen molar-refractivity contribution in [3.05, 3.63) is 59.9 Å². The lowest BCUT2D eigenvalue weighted by molar-refractivity contribution is -0.129. The van der Waals surface area contributed by atoms with E-state index in [-0.39, 0.29) is 23.3 Å². The van der Waals surface area contributed by atoms with Crippen LogP contribution in [0.15, 0.2) is 48.5 Å². The zero-order valence-corrected chi connectivity index (χ0v) is 15.3. The fraction of sp³-hybridized carbons (Fsp3) is 0.381. The predicted molar refractivity (Wildman–Crippen MR) is 97.8 cm³/mol. The zero-order valence-electron chi connectivity index (χ0n) is 15.3. The van der Waals surface area contributed by atoms with Gasteiger partial charge >= 0.3 is 0 Å². The van der Waals surface area contributed by atoms with Crippen LogP contribution in [0.5, 0.6) is 11.5 Å². The van der Waals surface area contributed by atoms with Crippen molar-refractivity contribution in [3.63, 3.8) is 0 Å². The molecule has 1 aliphatic rings. The topological polar surface area (TPSA) is 47.6 Å². The SMILES string of the molecule is CCC(Oc1ccccc1F)C(=O)NC1CC(C)(C)Oc2ccccc21. The average molecular weight is 357 g/mol. The van der Waals surface area contributed by atoms with E-state index in [2.05, 4.69) is 5.32 Å². The van der Waals surface area contributed by atoms with Crippen molar-refractivity contribution in [2.24, 2.45) is 0 Å². The quantitative estimate of drug-likeness (QED) is 0.863. The minimum absolute atomic E-state index is 0.0854. The molecule has 138 valence electrons. The second-order valence-corrected chi connectivity index (χ2v) is 7.11. The Morgan fingerprint density at radius 2 is 1.96 bits per heavy atom. The lowest BCUT2D eigenvalue weighted by Gasteiger charge is -2.38. The van der Waals surface area contributed by atoms with Gasteiger partial charge in [-0.15, -0.1) is 0 Å². The number of hydrogen-bond donors (Lipinski definition) is 1. The second kappa shape index (κ2) is 7.36. The first-order valence-electron chi connectivity index (χ1n) is 8.89. The maximum Gasteiger partial charge on any atom is 0.261 e. The highest BCUT2D eigenvalue weighted by Gasteiger charge is 2.35. The number of fused-ring (bicyclic) bond motifs is 1. The fourth-order valence-corrected chi connectivity index (χ4v) is 3.21. The smallest absolute Gasteiger partial charge is 0.261 e. The third-order valence-electron chi connectivity index (χ3n) is 4.46. The molecule has 1 heterocycles. The van der Waals surface area contributed by atoms with Crippen LogP contribution in [0, 0.1) is 5.82 Å². The molecule has 0 spiro atoms. The number of para-hydroxylation sites is 2. The first kappa shape index (κ1) is 18.2. The molecule has 0 saturated carbocycles. The van der Waals surface area contributed by atoms with Gasteiger partial charge in [-0.1, -0.05) is 37.3 Å². The van der Waals surface area contributed by atoms with Crippen LogP contribution >= 0.6 is 0 Å². The van der Waals surface area contributed by atoms with E-state index in [1.165, 1.54) is 12.1 Å². The minimum Gasteiger partial charge on any atom is -0.487 e. The van der Waals surface area contributed by atoms with Gasteiger partial charge in [-0.2, -0.15) is 0 Å². The molecule has 1 amide bonds. The van der Waals surface area contributed by atoms with Crippen LogP contribution in [0.1, 0.15) is 45.2 Å². The van der Waals surface area contributed by atoms with E-state index in [4.69, 9.17) is 9.47 Å². The van der Waals surface area contributed by atoms with E-state index in [1.807, 2.05) is 45.0 Å². The molecular formula is C21H24FNO3. The lowest BCUT2D eigenvalue weighted by Crippen LogP contribution is -2.45. The highest BCUT2D eigenvalue weighted by molar-refractivity contribution is 5.81. The summed E-state index contributed by atoms with van der Waals surface area (Å²) in [6.45, 7) is 5.83. The van der Waals surface area contributed by atoms with Crippen molar-refractivity contribution in [1.29, 1.82) is 0 Å². The number of rotatable bonds is 5. The fourth-order valence-electron chi connectivity index (χ4n) is 3.21. The monoisotopic (exact) mass is 357 g/mol. The maximum absolute atomic E-state index is 13.8. The molecule has 1 aliphatic heterocycles. The minimum atomic E-state index is -0.759. The van der Waals surface area contributed by atoms with Gasteiger partial charge in [0.15, 0.2) is 17.7 Å². The number of carbonyl (C=O) groups excluding carboxylic acids is 1. The normalized spacial score (nSPS) is 19.0. The summed E-state index contributed by atoms with van der Waals surface area (Å²) in [6.07, 6.45) is 0.324. The zero-order chi connectivity index (χ0) is 18.7. The number of nitrogens with one attached hydrogen (secondary N) is 1. The van der Waals surface area contributed by atoms with Gasteiger partial charge in [0.1, 0.15) is 11.4 Å². The van der Waals surface area contributed by atoms with E-state index in [9.17, 15) is 9.18 Å². The summed E-state index contributed by atoms with van der Waals surface area (Å²) in [6, 6.07) is 13.6. The highest BCUT2D eigenvalue weighted by atomic mass is 19.1. The molecule has 4 nitrogen and oxygen atoms in total. The molecule has 2 aromatic carbocycles. The molecule has 2 unspecified atom stereocenters. The highest BCUT2D eigenvalue weighted by Crippen LogP contribution is 2.39. The van der Waals surface area contributed by atoms with Gasteiger partial charge in [-0.3, -0.25) is 4.79 Å². The summed E-state index contributed by atoms with van der Waals surface area (Å²) >= 11 is 0. The van der Waals surface area contributed by atoms with Gasteiger partial charge in [-0.25, -0.2) is 4.39 Å². The molecule has 0 fully saturated rings. The Hall–Kier alpha value is -2.56. The first-order chi connectivity index (χ1) is 12.4. The van der Waals surface area contributed by atoms with Gasteiger partial charge in [-0.05, 0) is 38.5 Å². The first-order valence-corrected chi connectivity index (χ1v) is 8.89. The summed E-state index contributed by atoms with van der Waals surface area (Å²) in [5, 5.41) is 3.06. The second-order valence-electron chi connectivity index (χ2n) is 7.11. The van der Waals surface area contributed by atoms with Crippen LogP contribution in [0.25, 0.3) is 0 Å². The van der Waals surface area contributed by atoms with Crippen LogP contribution in [0.2, 0.25) is 0 Å². The van der Waals surface area contributed by atoms with Crippen molar-refractivity contribution < 1.29 is 18.7 Å². The molecule has 0 aliphatic carbocycles. The molecule has 0 radical (unpaired) electrons. The van der Waals surface area contributed by atoms with E-state index >= 15 is 0 Å². The van der Waals surface area contributed by atoms with Crippen LogP contribution in [-0.4, -0.2) is 17.6 Å². The van der Waals surface area contributed by atoms with Crippen LogP contribution in [0.3, 0.4) is 0 Å². The standard InChI is InChI=1S/C21H24FNO3/c1-4-17(25-19-12-8-6-10-15(19)22)20(24)23-16-13-21(2,3)26-18-11-7-5-9-14(16)18/h5-12,16-17H,4,13H2,1-3H3,(H,23,24). The van der Waals surface area contributed by atoms with Crippen molar-refractivity contribution in [1.82, 2.24) is 5.32 Å². The molecule has 26 heavy (non-hydrogen) atoms. The van der Waals surface area contributed by atoms with Gasteiger partial charge in [0, 0.05) is 12.0 Å². The van der Waals surface area contributed by atoms with E-state index in [0.29, 0.717) is 12.8 Å². The summed E-state index contributed by atoms with van der Waals surface area (Å²) in [7, 11) is 0. The summed E-state index contributed by atoms with van der Waals surface area (Å²) in [4.78, 5) is 12.8. The molecule has 0 aromatic heterocycles. The number of hydrogen-bond acceptors (Lipinski definition) is 3. The number of halogens is 1. The lowest BCUT2D eigenvalue weighted by atomic mass is 9.89. The molecule has 2 aromatic rings. The molecule has 1 N–H and O–H groups in total. The van der Waals surface area contributed by atoms with Crippen LogP contribution in [-0.2, 0) is 4.79 Å². The van der Waals surface area contributed by atoms with Gasteiger partial charge in [0.05, 0.1) is 6.04 Å². The molecule has 0 saturated heterocycles. The third kappa shape index (κ3) is 3.98. The summed E-state index contributed by atoms with van der Waals surface area (Å²) < 4.78 is 25.5. The van der Waals surface area contributed by atoms with Gasteiger partial charge < -0.3 is 14.8 Å². The van der Waals surface area contributed by atoms with Gasteiger partial charge in [0.2, 0.25) is 0 Å². The molecular weight excluding hydrogens is 333 g/mol. The molecule has 5 heteroatoms. The average Bonchev–Trinajstić information content (AvgIpc) is 2.60. The Kier molecular flexibility index (Phi) is 5.16. The Bertz CT molecular complexity index is 790. The third-order valence-corrected chi connectivity index (χ3v) is 4.46. The summed E-state index contributed by atoms with van der Waals surface area (Å²) in [5.41, 5.74) is 0.557. The molecule has 3 rings (SSSR count). The Morgan fingerprint density at radius 3 is 2.69 bits per heavy atom. The van der Waals surface area contributed by atoms with Crippen molar-refractivity contribution in [2.45, 2.75) is 51.4 Å². The Labute approximate surface area is 153 Å². The Morgan fingerprint density at radius 1 is 1.27 bits per heavy atom. The van der Waals surface area contributed by atoms with E-state index in [1.54, 1.807) is 12.1 Å². The molecule has 2 atom stereocenters. The van der Waals surface area contributed by atoms with Crippen molar-refractivity contribution in [3.8, 4) is 11.5 Å². The number of benzene rings is 2. The largest absolute Gasteiger partial charge is 0.487 e. The van der Waals surface area contributed by atoms with Gasteiger partial charge in [0.25, 0.3) is 5.91 Å². The number of ether oxygens (including phenoxy) is 2. The van der Waals surface area contributed by atoms with E-state index in [0.717, 1.165) is 11.3 Å². The maximum atomic E-state index is 13.8. The predicted octanol–water partition coefficient (Wildman–Crippen LogP) is 4.40. The van der Waals surface area contributed by atoms with Crippen LogP contribution < -0.4 is 14.8 Å². The number of amides is 1. The summed E-state index contributed by atoms with van der Waals surface area (Å²) in [5.74, 6) is 0.129. The number of carbonyl (C=O) groups is 1. The van der Waals surface area contributed by atoms with Crippen LogP contribution in [0.4, 0.5) is 4.39 Å². The van der Waals surface area contributed by atoms with Crippen molar-refractivity contribution in [2.75, 3.05) is 0 Å². The van der Waals surface area contributed by atoms with Crippen molar-refractivity contribution >= 4 is 5.91 Å². The van der Waals surface area contributed by atoms with E-state index < -0.39 is 11.9 Å². The Balaban J connectivity index is 1.77. The molecule has 0 bridgehead atoms.